The smallest absolute Gasteiger partial charge is 0.216 e. The fourth-order valence-electron chi connectivity index (χ4n) is 2.87. The van der Waals surface area contributed by atoms with E-state index in [0.29, 0.717) is 12.5 Å². The maximum Gasteiger partial charge on any atom is 0.216 e. The molecule has 3 aromatic rings. The molecule has 0 saturated carbocycles. The molecule has 2 heterocycles. The highest BCUT2D eigenvalue weighted by molar-refractivity contribution is 6.05. The molecule has 0 fully saturated rings. The first kappa shape index (κ1) is 13.9. The Morgan fingerprint density at radius 3 is 2.65 bits per heavy atom. The van der Waals surface area contributed by atoms with Crippen molar-refractivity contribution in [2.75, 3.05) is 6.61 Å². The molecule has 4 nitrogen and oxygen atoms in total. The van der Waals surface area contributed by atoms with Gasteiger partial charge in [0.15, 0.2) is 0 Å². The van der Waals surface area contributed by atoms with Crippen LogP contribution >= 0.6 is 0 Å². The van der Waals surface area contributed by atoms with E-state index in [1.807, 2.05) is 32.0 Å². The van der Waals surface area contributed by atoms with Gasteiger partial charge in [0.2, 0.25) is 5.90 Å². The number of furan rings is 1. The average molecular weight is 307 g/mol. The molecule has 2 aromatic carbocycles. The SMILES string of the molecule is CC1(C)COC(c2cc(-c3ccoc3)c3ccc(O)cc3c2)=N1. The molecule has 1 N–H and O–H groups in total. The Labute approximate surface area is 134 Å². The molecule has 0 spiro atoms. The van der Waals surface area contributed by atoms with Gasteiger partial charge in [0.1, 0.15) is 12.4 Å². The molecule has 4 rings (SSSR count). The number of phenolic OH excluding ortho intramolecular Hbond substituents is 1. The van der Waals surface area contributed by atoms with E-state index < -0.39 is 0 Å². The van der Waals surface area contributed by atoms with Crippen molar-refractivity contribution in [1.29, 1.82) is 0 Å². The molecular weight excluding hydrogens is 290 g/mol. The molecule has 0 saturated heterocycles. The molecule has 116 valence electrons. The van der Waals surface area contributed by atoms with E-state index in [-0.39, 0.29) is 11.3 Å². The lowest BCUT2D eigenvalue weighted by Gasteiger charge is -2.09. The fourth-order valence-corrected chi connectivity index (χ4v) is 2.87. The van der Waals surface area contributed by atoms with Crippen LogP contribution in [0.1, 0.15) is 19.4 Å². The van der Waals surface area contributed by atoms with Crippen LogP contribution in [0.3, 0.4) is 0 Å². The summed E-state index contributed by atoms with van der Waals surface area (Å²) in [5.74, 6) is 0.882. The Hall–Kier alpha value is -2.75. The Balaban J connectivity index is 1.97. The highest BCUT2D eigenvalue weighted by Crippen LogP contribution is 2.33. The van der Waals surface area contributed by atoms with Crippen molar-refractivity contribution in [1.82, 2.24) is 0 Å². The molecule has 0 amide bonds. The van der Waals surface area contributed by atoms with Gasteiger partial charge in [-0.25, -0.2) is 4.99 Å². The summed E-state index contributed by atoms with van der Waals surface area (Å²) in [6.45, 7) is 4.66. The Bertz CT molecular complexity index is 908. The normalized spacial score (nSPS) is 16.3. The van der Waals surface area contributed by atoms with Crippen molar-refractivity contribution in [3.63, 3.8) is 0 Å². The van der Waals surface area contributed by atoms with Crippen LogP contribution in [0.4, 0.5) is 0 Å². The molecule has 0 radical (unpaired) electrons. The van der Waals surface area contributed by atoms with Crippen LogP contribution in [-0.2, 0) is 4.74 Å². The molecule has 1 aromatic heterocycles. The van der Waals surface area contributed by atoms with E-state index in [1.54, 1.807) is 24.7 Å². The number of phenols is 1. The molecule has 4 heteroatoms. The van der Waals surface area contributed by atoms with Gasteiger partial charge >= 0.3 is 0 Å². The number of ether oxygens (including phenoxy) is 1. The minimum Gasteiger partial charge on any atom is -0.508 e. The maximum atomic E-state index is 9.81. The summed E-state index contributed by atoms with van der Waals surface area (Å²) >= 11 is 0. The summed E-state index contributed by atoms with van der Waals surface area (Å²) in [4.78, 5) is 4.65. The first-order valence-corrected chi connectivity index (χ1v) is 7.54. The van der Waals surface area contributed by atoms with Gasteiger partial charge in [-0.3, -0.25) is 0 Å². The van der Waals surface area contributed by atoms with Crippen LogP contribution in [-0.4, -0.2) is 23.2 Å². The van der Waals surface area contributed by atoms with Gasteiger partial charge < -0.3 is 14.3 Å². The summed E-state index contributed by atoms with van der Waals surface area (Å²) in [5.41, 5.74) is 2.71. The van der Waals surface area contributed by atoms with E-state index in [2.05, 4.69) is 11.1 Å². The van der Waals surface area contributed by atoms with Gasteiger partial charge in [-0.2, -0.15) is 0 Å². The van der Waals surface area contributed by atoms with E-state index in [0.717, 1.165) is 27.5 Å². The molecule has 0 bridgehead atoms. The van der Waals surface area contributed by atoms with Crippen molar-refractivity contribution >= 4 is 16.7 Å². The van der Waals surface area contributed by atoms with Gasteiger partial charge in [0, 0.05) is 11.1 Å². The van der Waals surface area contributed by atoms with E-state index in [1.165, 1.54) is 0 Å². The summed E-state index contributed by atoms with van der Waals surface area (Å²) in [7, 11) is 0. The number of aromatic hydroxyl groups is 1. The molecule has 1 aliphatic heterocycles. The quantitative estimate of drug-likeness (QED) is 0.765. The molecule has 1 aliphatic rings. The molecule has 0 atom stereocenters. The number of benzene rings is 2. The van der Waals surface area contributed by atoms with Crippen LogP contribution in [0, 0.1) is 0 Å². The summed E-state index contributed by atoms with van der Waals surface area (Å²) in [6.07, 6.45) is 3.37. The number of aliphatic imine (C=N–C) groups is 1. The maximum absolute atomic E-state index is 9.81. The molecule has 0 aliphatic carbocycles. The standard InChI is InChI=1S/C19H17NO3/c1-19(2)11-23-18(20-19)14-7-13-8-15(21)3-4-16(13)17(9-14)12-5-6-22-10-12/h3-10,21H,11H2,1-2H3. The third-order valence-corrected chi connectivity index (χ3v) is 3.98. The lowest BCUT2D eigenvalue weighted by atomic mass is 9.97. The van der Waals surface area contributed by atoms with Crippen LogP contribution in [0.15, 0.2) is 58.3 Å². The zero-order chi connectivity index (χ0) is 16.0. The lowest BCUT2D eigenvalue weighted by Crippen LogP contribution is -2.17. The van der Waals surface area contributed by atoms with Crippen LogP contribution in [0.5, 0.6) is 5.75 Å². The van der Waals surface area contributed by atoms with Crippen molar-refractivity contribution in [2.24, 2.45) is 4.99 Å². The molecule has 0 unspecified atom stereocenters. The van der Waals surface area contributed by atoms with Crippen LogP contribution in [0.2, 0.25) is 0 Å². The number of nitrogens with zero attached hydrogens (tertiary/aromatic N) is 1. The number of rotatable bonds is 2. The van der Waals surface area contributed by atoms with Gasteiger partial charge in [-0.15, -0.1) is 0 Å². The van der Waals surface area contributed by atoms with E-state index >= 15 is 0 Å². The lowest BCUT2D eigenvalue weighted by molar-refractivity contribution is 0.279. The van der Waals surface area contributed by atoms with Crippen molar-refractivity contribution in [2.45, 2.75) is 19.4 Å². The van der Waals surface area contributed by atoms with Gasteiger partial charge in [-0.05, 0) is 60.5 Å². The monoisotopic (exact) mass is 307 g/mol. The molecule has 23 heavy (non-hydrogen) atoms. The van der Waals surface area contributed by atoms with Gasteiger partial charge in [0.05, 0.1) is 18.1 Å². The summed E-state index contributed by atoms with van der Waals surface area (Å²) in [5, 5.41) is 11.8. The summed E-state index contributed by atoms with van der Waals surface area (Å²) in [6, 6.07) is 11.3. The second-order valence-corrected chi connectivity index (χ2v) is 6.46. The predicted octanol–water partition coefficient (Wildman–Crippen LogP) is 4.36. The largest absolute Gasteiger partial charge is 0.508 e. The van der Waals surface area contributed by atoms with Crippen molar-refractivity contribution in [3.05, 3.63) is 54.5 Å². The Kier molecular flexibility index (Phi) is 2.94. The number of hydrogen-bond donors (Lipinski definition) is 1. The predicted molar refractivity (Wildman–Crippen MR) is 89.9 cm³/mol. The Morgan fingerprint density at radius 2 is 1.96 bits per heavy atom. The highest BCUT2D eigenvalue weighted by atomic mass is 16.5. The van der Waals surface area contributed by atoms with Crippen LogP contribution < -0.4 is 0 Å². The molecular formula is C19H17NO3. The summed E-state index contributed by atoms with van der Waals surface area (Å²) < 4.78 is 11.0. The first-order valence-electron chi connectivity index (χ1n) is 7.54. The van der Waals surface area contributed by atoms with Crippen LogP contribution in [0.25, 0.3) is 21.9 Å². The zero-order valence-electron chi connectivity index (χ0n) is 13.0. The first-order chi connectivity index (χ1) is 11.0. The van der Waals surface area contributed by atoms with Crippen molar-refractivity contribution in [3.8, 4) is 16.9 Å². The van der Waals surface area contributed by atoms with Crippen molar-refractivity contribution < 1.29 is 14.3 Å². The van der Waals surface area contributed by atoms with E-state index in [9.17, 15) is 5.11 Å². The fraction of sp³-hybridized carbons (Fsp3) is 0.211. The third-order valence-electron chi connectivity index (χ3n) is 3.98. The number of fused-ring (bicyclic) bond motifs is 1. The topological polar surface area (TPSA) is 55.0 Å². The second kappa shape index (κ2) is 4.88. The number of hydrogen-bond acceptors (Lipinski definition) is 4. The van der Waals surface area contributed by atoms with Gasteiger partial charge in [0.25, 0.3) is 0 Å². The van der Waals surface area contributed by atoms with E-state index in [4.69, 9.17) is 9.15 Å². The minimum atomic E-state index is -0.209. The minimum absolute atomic E-state index is 0.209. The zero-order valence-corrected chi connectivity index (χ0v) is 13.0. The highest BCUT2D eigenvalue weighted by Gasteiger charge is 2.27. The second-order valence-electron chi connectivity index (χ2n) is 6.46. The average Bonchev–Trinajstić information content (AvgIpc) is 3.15. The van der Waals surface area contributed by atoms with Gasteiger partial charge in [-0.1, -0.05) is 6.07 Å². The third kappa shape index (κ3) is 2.46. The Morgan fingerprint density at radius 1 is 1.09 bits per heavy atom.